The molecule has 1 saturated heterocycles. The quantitative estimate of drug-likeness (QED) is 0.923. The molecule has 1 aromatic heterocycles. The van der Waals surface area contributed by atoms with Gasteiger partial charge >= 0.3 is 6.03 Å². The molecule has 2 amide bonds. The van der Waals surface area contributed by atoms with E-state index < -0.39 is 0 Å². The van der Waals surface area contributed by atoms with Crippen LogP contribution in [0, 0.1) is 0 Å². The Labute approximate surface area is 145 Å². The highest BCUT2D eigenvalue weighted by Crippen LogP contribution is 2.32. The molecule has 1 atom stereocenters. The maximum absolute atomic E-state index is 12.3. The molecule has 25 heavy (non-hydrogen) atoms. The molecule has 0 aliphatic carbocycles. The van der Waals surface area contributed by atoms with Crippen LogP contribution < -0.4 is 19.5 Å². The average Bonchev–Trinajstić information content (AvgIpc) is 3.29. The van der Waals surface area contributed by atoms with Crippen molar-refractivity contribution in [1.82, 2.24) is 15.2 Å². The normalized spacial score (nSPS) is 18.2. The van der Waals surface area contributed by atoms with Crippen LogP contribution in [-0.4, -0.2) is 41.9 Å². The van der Waals surface area contributed by atoms with Gasteiger partial charge in [0.25, 0.3) is 0 Å². The van der Waals surface area contributed by atoms with Crippen molar-refractivity contribution in [2.24, 2.45) is 0 Å². The van der Waals surface area contributed by atoms with Gasteiger partial charge in [-0.05, 0) is 29.8 Å². The van der Waals surface area contributed by atoms with Crippen LogP contribution in [0.3, 0.4) is 0 Å². The standard InChI is InChI=1S/C18H19N3O4/c22-18(20-10-13-1-2-16-17(9-13)24-12-23-16)21-8-5-15(11-21)25-14-3-6-19-7-4-14/h1-4,6-7,9,15H,5,8,10-12H2,(H,20,22)/t15-/m0/s1. The topological polar surface area (TPSA) is 72.9 Å². The third-order valence-electron chi connectivity index (χ3n) is 4.27. The van der Waals surface area contributed by atoms with E-state index in [1.54, 1.807) is 17.3 Å². The first-order valence-corrected chi connectivity index (χ1v) is 8.26. The number of nitrogens with one attached hydrogen (secondary N) is 1. The molecule has 1 aromatic carbocycles. The van der Waals surface area contributed by atoms with E-state index in [1.165, 1.54) is 0 Å². The number of hydrogen-bond acceptors (Lipinski definition) is 5. The van der Waals surface area contributed by atoms with Gasteiger partial charge in [-0.15, -0.1) is 0 Å². The van der Waals surface area contributed by atoms with Gasteiger partial charge in [0.1, 0.15) is 11.9 Å². The van der Waals surface area contributed by atoms with Gasteiger partial charge in [-0.3, -0.25) is 4.98 Å². The van der Waals surface area contributed by atoms with E-state index in [-0.39, 0.29) is 18.9 Å². The minimum atomic E-state index is -0.0847. The van der Waals surface area contributed by atoms with Crippen LogP contribution in [0.15, 0.2) is 42.7 Å². The van der Waals surface area contributed by atoms with Crippen LogP contribution in [0.1, 0.15) is 12.0 Å². The summed E-state index contributed by atoms with van der Waals surface area (Å²) in [6.45, 7) is 1.96. The number of amides is 2. The Hall–Kier alpha value is -2.96. The molecule has 130 valence electrons. The van der Waals surface area contributed by atoms with Gasteiger partial charge in [0, 0.05) is 31.9 Å². The lowest BCUT2D eigenvalue weighted by atomic mass is 10.2. The Morgan fingerprint density at radius 3 is 2.96 bits per heavy atom. The predicted molar refractivity (Wildman–Crippen MR) is 89.6 cm³/mol. The summed E-state index contributed by atoms with van der Waals surface area (Å²) >= 11 is 0. The molecule has 1 fully saturated rings. The summed E-state index contributed by atoms with van der Waals surface area (Å²) in [4.78, 5) is 18.1. The Morgan fingerprint density at radius 1 is 1.24 bits per heavy atom. The summed E-state index contributed by atoms with van der Waals surface area (Å²) in [5.41, 5.74) is 0.974. The molecule has 0 unspecified atom stereocenters. The molecule has 7 heteroatoms. The zero-order valence-corrected chi connectivity index (χ0v) is 13.7. The molecule has 3 heterocycles. The molecule has 2 aliphatic heterocycles. The highest BCUT2D eigenvalue weighted by molar-refractivity contribution is 5.74. The maximum atomic E-state index is 12.3. The van der Waals surface area contributed by atoms with Gasteiger partial charge in [-0.2, -0.15) is 0 Å². The first-order chi connectivity index (χ1) is 12.3. The molecule has 4 rings (SSSR count). The molecule has 1 N–H and O–H groups in total. The maximum Gasteiger partial charge on any atom is 0.317 e. The second-order valence-corrected chi connectivity index (χ2v) is 6.00. The molecular weight excluding hydrogens is 322 g/mol. The summed E-state index contributed by atoms with van der Waals surface area (Å²) in [6.07, 6.45) is 4.22. The third-order valence-corrected chi connectivity index (χ3v) is 4.27. The molecule has 2 aliphatic rings. The van der Waals surface area contributed by atoms with Gasteiger partial charge < -0.3 is 24.4 Å². The zero-order chi connectivity index (χ0) is 17.1. The van der Waals surface area contributed by atoms with Crippen molar-refractivity contribution >= 4 is 6.03 Å². The molecule has 0 saturated carbocycles. The Morgan fingerprint density at radius 2 is 2.08 bits per heavy atom. The summed E-state index contributed by atoms with van der Waals surface area (Å²) in [5, 5.41) is 2.94. The van der Waals surface area contributed by atoms with Crippen molar-refractivity contribution in [3.05, 3.63) is 48.3 Å². The minimum absolute atomic E-state index is 0.0127. The number of fused-ring (bicyclic) bond motifs is 1. The number of urea groups is 1. The number of pyridine rings is 1. The second-order valence-electron chi connectivity index (χ2n) is 6.00. The number of ether oxygens (including phenoxy) is 3. The van der Waals surface area contributed by atoms with Crippen molar-refractivity contribution in [3.8, 4) is 17.2 Å². The first-order valence-electron chi connectivity index (χ1n) is 8.26. The summed E-state index contributed by atoms with van der Waals surface area (Å²) in [5.74, 6) is 2.24. The number of hydrogen-bond donors (Lipinski definition) is 1. The van der Waals surface area contributed by atoms with Gasteiger partial charge in [-0.25, -0.2) is 4.79 Å². The summed E-state index contributed by atoms with van der Waals surface area (Å²) < 4.78 is 16.5. The van der Waals surface area contributed by atoms with E-state index in [9.17, 15) is 4.79 Å². The summed E-state index contributed by atoms with van der Waals surface area (Å²) in [6, 6.07) is 9.23. The van der Waals surface area contributed by atoms with Gasteiger partial charge in [-0.1, -0.05) is 6.07 Å². The predicted octanol–water partition coefficient (Wildman–Crippen LogP) is 2.17. The fourth-order valence-electron chi connectivity index (χ4n) is 2.96. The highest BCUT2D eigenvalue weighted by Gasteiger charge is 2.27. The monoisotopic (exact) mass is 341 g/mol. The SMILES string of the molecule is O=C(NCc1ccc2c(c1)OCO2)N1CC[C@H](Oc2ccncc2)C1. The fourth-order valence-corrected chi connectivity index (χ4v) is 2.96. The van der Waals surface area contributed by atoms with Crippen LogP contribution in [0.4, 0.5) is 4.79 Å². The number of likely N-dealkylation sites (tertiary alicyclic amines) is 1. The minimum Gasteiger partial charge on any atom is -0.488 e. The van der Waals surface area contributed by atoms with Gasteiger partial charge in [0.05, 0.1) is 6.54 Å². The van der Waals surface area contributed by atoms with E-state index in [4.69, 9.17) is 14.2 Å². The van der Waals surface area contributed by atoms with E-state index in [1.807, 2.05) is 30.3 Å². The molecular formula is C18H19N3O4. The van der Waals surface area contributed by atoms with E-state index in [0.29, 0.717) is 19.6 Å². The van der Waals surface area contributed by atoms with Crippen LogP contribution in [0.2, 0.25) is 0 Å². The van der Waals surface area contributed by atoms with Crippen LogP contribution in [0.25, 0.3) is 0 Å². The van der Waals surface area contributed by atoms with Crippen molar-refractivity contribution in [3.63, 3.8) is 0 Å². The van der Waals surface area contributed by atoms with Crippen LogP contribution in [0.5, 0.6) is 17.2 Å². The number of carbonyl (C=O) groups is 1. The van der Waals surface area contributed by atoms with E-state index in [2.05, 4.69) is 10.3 Å². The number of nitrogens with zero attached hydrogens (tertiary/aromatic N) is 2. The third kappa shape index (κ3) is 3.60. The van der Waals surface area contributed by atoms with Crippen molar-refractivity contribution in [2.45, 2.75) is 19.1 Å². The van der Waals surface area contributed by atoms with Crippen LogP contribution >= 0.6 is 0 Å². The highest BCUT2D eigenvalue weighted by atomic mass is 16.7. The fraction of sp³-hybridized carbons (Fsp3) is 0.333. The molecule has 0 spiro atoms. The molecule has 2 aromatic rings. The lowest BCUT2D eigenvalue weighted by Crippen LogP contribution is -2.39. The second kappa shape index (κ2) is 6.88. The average molecular weight is 341 g/mol. The van der Waals surface area contributed by atoms with Gasteiger partial charge in [0.2, 0.25) is 6.79 Å². The number of benzene rings is 1. The Bertz CT molecular complexity index is 753. The lowest BCUT2D eigenvalue weighted by Gasteiger charge is -2.18. The van der Waals surface area contributed by atoms with E-state index in [0.717, 1.165) is 29.2 Å². The number of rotatable bonds is 4. The number of aromatic nitrogens is 1. The largest absolute Gasteiger partial charge is 0.488 e. The first kappa shape index (κ1) is 15.6. The molecule has 0 bridgehead atoms. The Balaban J connectivity index is 1.27. The molecule has 7 nitrogen and oxygen atoms in total. The van der Waals surface area contributed by atoms with Gasteiger partial charge in [0.15, 0.2) is 11.5 Å². The van der Waals surface area contributed by atoms with Crippen molar-refractivity contribution in [2.75, 3.05) is 19.9 Å². The van der Waals surface area contributed by atoms with Crippen molar-refractivity contribution in [1.29, 1.82) is 0 Å². The smallest absolute Gasteiger partial charge is 0.317 e. The molecule has 0 radical (unpaired) electrons. The lowest BCUT2D eigenvalue weighted by molar-refractivity contribution is 0.174. The van der Waals surface area contributed by atoms with Crippen LogP contribution in [-0.2, 0) is 6.54 Å². The Kier molecular flexibility index (Phi) is 4.28. The number of carbonyl (C=O) groups excluding carboxylic acids is 1. The summed E-state index contributed by atoms with van der Waals surface area (Å²) in [7, 11) is 0. The zero-order valence-electron chi connectivity index (χ0n) is 13.7. The van der Waals surface area contributed by atoms with E-state index >= 15 is 0 Å². The van der Waals surface area contributed by atoms with Crippen molar-refractivity contribution < 1.29 is 19.0 Å².